The number of nitrogen functional groups attached to an aromatic ring is 1. The summed E-state index contributed by atoms with van der Waals surface area (Å²) in [7, 11) is 1.46. The van der Waals surface area contributed by atoms with Gasteiger partial charge in [0.1, 0.15) is 5.82 Å². The number of pyridine rings is 1. The molecule has 2 heterocycles. The van der Waals surface area contributed by atoms with E-state index < -0.39 is 0 Å². The van der Waals surface area contributed by atoms with Gasteiger partial charge in [-0.1, -0.05) is 12.1 Å². The maximum Gasteiger partial charge on any atom is 0.257 e. The largest absolute Gasteiger partial charge is 0.504 e. The molecule has 0 spiro atoms. The molecular weight excluding hydrogens is 370 g/mol. The summed E-state index contributed by atoms with van der Waals surface area (Å²) >= 11 is 0. The molecule has 8 heteroatoms. The predicted molar refractivity (Wildman–Crippen MR) is 110 cm³/mol. The number of hydrogen-bond acceptors (Lipinski definition) is 7. The third kappa shape index (κ3) is 3.63. The van der Waals surface area contributed by atoms with Crippen molar-refractivity contribution in [3.05, 3.63) is 66.5 Å². The van der Waals surface area contributed by atoms with Gasteiger partial charge in [-0.05, 0) is 30.3 Å². The lowest BCUT2D eigenvalue weighted by atomic mass is 10.1. The summed E-state index contributed by atoms with van der Waals surface area (Å²) in [4.78, 5) is 25.2. The lowest BCUT2D eigenvalue weighted by molar-refractivity contribution is 0.102. The van der Waals surface area contributed by atoms with Crippen LogP contribution >= 0.6 is 0 Å². The van der Waals surface area contributed by atoms with E-state index in [0.717, 1.165) is 0 Å². The van der Waals surface area contributed by atoms with Crippen LogP contribution in [0.3, 0.4) is 0 Å². The molecule has 0 aliphatic carbocycles. The quantitative estimate of drug-likeness (QED) is 0.491. The number of phenolic OH excluding ortho intramolecular Hbond substituents is 1. The van der Waals surface area contributed by atoms with Crippen LogP contribution in [-0.2, 0) is 0 Å². The lowest BCUT2D eigenvalue weighted by Gasteiger charge is -2.10. The molecule has 4 rings (SSSR count). The van der Waals surface area contributed by atoms with Crippen LogP contribution in [0.1, 0.15) is 10.4 Å². The van der Waals surface area contributed by atoms with Gasteiger partial charge in [0.15, 0.2) is 17.3 Å². The van der Waals surface area contributed by atoms with Gasteiger partial charge < -0.3 is 20.9 Å². The number of carbonyl (C=O) groups is 1. The number of amides is 1. The Bertz CT molecular complexity index is 1210. The molecular formula is C21H17N5O3. The smallest absolute Gasteiger partial charge is 0.257 e. The fourth-order valence-corrected chi connectivity index (χ4v) is 2.90. The van der Waals surface area contributed by atoms with E-state index in [1.54, 1.807) is 42.6 Å². The second-order valence-corrected chi connectivity index (χ2v) is 6.25. The molecule has 1 amide bonds. The highest BCUT2D eigenvalue weighted by atomic mass is 16.5. The van der Waals surface area contributed by atoms with Crippen molar-refractivity contribution >= 4 is 28.3 Å². The van der Waals surface area contributed by atoms with Crippen molar-refractivity contribution in [2.45, 2.75) is 0 Å². The number of aromatic nitrogens is 3. The first-order valence-electron chi connectivity index (χ1n) is 8.71. The Hall–Kier alpha value is -4.20. The van der Waals surface area contributed by atoms with Gasteiger partial charge in [-0.15, -0.1) is 0 Å². The second kappa shape index (κ2) is 7.43. The number of nitrogens with zero attached hydrogens (tertiary/aromatic N) is 3. The van der Waals surface area contributed by atoms with Crippen LogP contribution in [0.15, 0.2) is 60.9 Å². The minimum atomic E-state index is -0.269. The summed E-state index contributed by atoms with van der Waals surface area (Å²) < 4.78 is 5.14. The van der Waals surface area contributed by atoms with Crippen molar-refractivity contribution in [3.63, 3.8) is 0 Å². The third-order valence-corrected chi connectivity index (χ3v) is 4.33. The number of carbonyl (C=O) groups excluding carboxylic acids is 1. The summed E-state index contributed by atoms with van der Waals surface area (Å²) in [5.41, 5.74) is 8.32. The number of ether oxygens (including phenoxy) is 1. The minimum Gasteiger partial charge on any atom is -0.504 e. The van der Waals surface area contributed by atoms with Crippen molar-refractivity contribution in [2.24, 2.45) is 0 Å². The molecule has 0 bridgehead atoms. The van der Waals surface area contributed by atoms with E-state index in [0.29, 0.717) is 39.3 Å². The van der Waals surface area contributed by atoms with Crippen molar-refractivity contribution in [3.8, 4) is 22.9 Å². The molecule has 0 aliphatic rings. The van der Waals surface area contributed by atoms with E-state index in [2.05, 4.69) is 20.3 Å². The second-order valence-electron chi connectivity index (χ2n) is 6.25. The Balaban J connectivity index is 1.70. The van der Waals surface area contributed by atoms with Crippen LogP contribution in [0.4, 0.5) is 11.5 Å². The molecule has 0 atom stereocenters. The fourth-order valence-electron chi connectivity index (χ4n) is 2.90. The van der Waals surface area contributed by atoms with Gasteiger partial charge in [0.25, 0.3) is 5.91 Å². The highest BCUT2D eigenvalue weighted by Gasteiger charge is 2.13. The summed E-state index contributed by atoms with van der Waals surface area (Å²) in [6, 6.07) is 13.6. The fraction of sp³-hybridized carbons (Fsp3) is 0.0476. The average molecular weight is 387 g/mol. The monoisotopic (exact) mass is 387 g/mol. The number of rotatable bonds is 4. The highest BCUT2D eigenvalue weighted by molar-refractivity contribution is 6.04. The maximum atomic E-state index is 12.4. The first-order valence-corrected chi connectivity index (χ1v) is 8.71. The zero-order chi connectivity index (χ0) is 20.4. The van der Waals surface area contributed by atoms with E-state index >= 15 is 0 Å². The van der Waals surface area contributed by atoms with Crippen molar-refractivity contribution < 1.29 is 14.6 Å². The Labute approximate surface area is 166 Å². The lowest BCUT2D eigenvalue weighted by Crippen LogP contribution is -2.12. The van der Waals surface area contributed by atoms with E-state index in [9.17, 15) is 9.90 Å². The summed E-state index contributed by atoms with van der Waals surface area (Å²) in [6.45, 7) is 0. The number of methoxy groups -OCH3 is 1. The van der Waals surface area contributed by atoms with E-state index in [1.807, 2.05) is 6.07 Å². The Morgan fingerprint density at radius 1 is 1.14 bits per heavy atom. The van der Waals surface area contributed by atoms with Crippen molar-refractivity contribution in [1.82, 2.24) is 15.0 Å². The van der Waals surface area contributed by atoms with Gasteiger partial charge in [0.05, 0.1) is 18.2 Å². The van der Waals surface area contributed by atoms with E-state index in [-0.39, 0.29) is 17.5 Å². The molecule has 8 nitrogen and oxygen atoms in total. The summed E-state index contributed by atoms with van der Waals surface area (Å²) in [6.07, 6.45) is 3.10. The van der Waals surface area contributed by atoms with Crippen LogP contribution in [0.5, 0.6) is 11.5 Å². The molecule has 0 aliphatic heterocycles. The Morgan fingerprint density at radius 2 is 2.00 bits per heavy atom. The number of anilines is 2. The maximum absolute atomic E-state index is 12.4. The molecule has 2 aromatic heterocycles. The molecule has 0 saturated heterocycles. The SMILES string of the molecule is COc1cc2nc(-c3cccc(NC(=O)c4cccnc4)c3)nc(N)c2cc1O. The number of benzene rings is 2. The van der Waals surface area contributed by atoms with Gasteiger partial charge in [0, 0.05) is 35.1 Å². The molecule has 0 unspecified atom stereocenters. The molecule has 4 aromatic rings. The number of fused-ring (bicyclic) bond motifs is 1. The first-order chi connectivity index (χ1) is 14.0. The number of hydrogen-bond donors (Lipinski definition) is 3. The molecule has 0 fully saturated rings. The van der Waals surface area contributed by atoms with Gasteiger partial charge >= 0.3 is 0 Å². The predicted octanol–water partition coefficient (Wildman–Crippen LogP) is 3.24. The van der Waals surface area contributed by atoms with Crippen LogP contribution in [-0.4, -0.2) is 33.1 Å². The van der Waals surface area contributed by atoms with Crippen LogP contribution in [0, 0.1) is 0 Å². The Morgan fingerprint density at radius 3 is 2.76 bits per heavy atom. The van der Waals surface area contributed by atoms with Crippen LogP contribution < -0.4 is 15.8 Å². The third-order valence-electron chi connectivity index (χ3n) is 4.33. The van der Waals surface area contributed by atoms with E-state index in [1.165, 1.54) is 19.4 Å². The van der Waals surface area contributed by atoms with Crippen LogP contribution in [0.2, 0.25) is 0 Å². The highest BCUT2D eigenvalue weighted by Crippen LogP contribution is 2.33. The zero-order valence-corrected chi connectivity index (χ0v) is 15.5. The topological polar surface area (TPSA) is 123 Å². The molecule has 29 heavy (non-hydrogen) atoms. The van der Waals surface area contributed by atoms with E-state index in [4.69, 9.17) is 10.5 Å². The molecule has 0 saturated carbocycles. The molecule has 2 aromatic carbocycles. The standard InChI is InChI=1S/C21H17N5O3/c1-29-18-10-16-15(9-17(18)27)19(22)26-20(25-16)12-4-2-6-14(8-12)24-21(28)13-5-3-7-23-11-13/h2-11,27H,1H3,(H,24,28)(H2,22,25,26). The van der Waals surface area contributed by atoms with Gasteiger partial charge in [-0.2, -0.15) is 0 Å². The number of nitrogens with one attached hydrogen (secondary N) is 1. The Kier molecular flexibility index (Phi) is 4.66. The normalized spacial score (nSPS) is 10.7. The summed E-state index contributed by atoms with van der Waals surface area (Å²) in [5.74, 6) is 0.601. The first kappa shape index (κ1) is 18.2. The number of phenols is 1. The van der Waals surface area contributed by atoms with Gasteiger partial charge in [0.2, 0.25) is 0 Å². The van der Waals surface area contributed by atoms with Crippen LogP contribution in [0.25, 0.3) is 22.3 Å². The zero-order valence-electron chi connectivity index (χ0n) is 15.5. The molecule has 144 valence electrons. The summed E-state index contributed by atoms with van der Waals surface area (Å²) in [5, 5.41) is 13.3. The number of nitrogens with two attached hydrogens (primary N) is 1. The average Bonchev–Trinajstić information content (AvgIpc) is 2.74. The molecule has 4 N–H and O–H groups in total. The minimum absolute atomic E-state index is 0.0387. The van der Waals surface area contributed by atoms with Crippen molar-refractivity contribution in [1.29, 1.82) is 0 Å². The van der Waals surface area contributed by atoms with Gasteiger partial charge in [-0.3, -0.25) is 9.78 Å². The molecule has 0 radical (unpaired) electrons. The number of aromatic hydroxyl groups is 1. The van der Waals surface area contributed by atoms with Crippen molar-refractivity contribution in [2.75, 3.05) is 18.2 Å². The van der Waals surface area contributed by atoms with Gasteiger partial charge in [-0.25, -0.2) is 9.97 Å².